The second-order valence-electron chi connectivity index (χ2n) is 6.13. The molecule has 1 aromatic carbocycles. The SMILES string of the molecule is CC(CN(Cc1ccccc1)C(C)C)c1nc(CCN)cs1. The first kappa shape index (κ1) is 17.1. The van der Waals surface area contributed by atoms with Gasteiger partial charge in [0.05, 0.1) is 10.7 Å². The zero-order valence-electron chi connectivity index (χ0n) is 13.8. The normalized spacial score (nSPS) is 13.0. The summed E-state index contributed by atoms with van der Waals surface area (Å²) in [5, 5.41) is 3.37. The summed E-state index contributed by atoms with van der Waals surface area (Å²) in [5.41, 5.74) is 8.11. The lowest BCUT2D eigenvalue weighted by atomic mass is 10.1. The predicted octanol–water partition coefficient (Wildman–Crippen LogP) is 3.66. The maximum atomic E-state index is 5.61. The van der Waals surface area contributed by atoms with Crippen molar-refractivity contribution < 1.29 is 0 Å². The van der Waals surface area contributed by atoms with Crippen LogP contribution in [0.5, 0.6) is 0 Å². The van der Waals surface area contributed by atoms with Crippen molar-refractivity contribution >= 4 is 11.3 Å². The number of benzene rings is 1. The van der Waals surface area contributed by atoms with Gasteiger partial charge in [-0.25, -0.2) is 4.98 Å². The molecule has 3 nitrogen and oxygen atoms in total. The Kier molecular flexibility index (Phi) is 6.55. The first-order valence-corrected chi connectivity index (χ1v) is 8.90. The van der Waals surface area contributed by atoms with Crippen LogP contribution in [0.1, 0.15) is 43.0 Å². The summed E-state index contributed by atoms with van der Waals surface area (Å²) in [6.45, 7) is 9.48. The van der Waals surface area contributed by atoms with Gasteiger partial charge in [-0.05, 0) is 26.0 Å². The van der Waals surface area contributed by atoms with Crippen molar-refractivity contribution in [3.63, 3.8) is 0 Å². The van der Waals surface area contributed by atoms with Crippen LogP contribution in [0.2, 0.25) is 0 Å². The Bertz CT molecular complexity index is 550. The van der Waals surface area contributed by atoms with E-state index in [4.69, 9.17) is 10.7 Å². The molecule has 22 heavy (non-hydrogen) atoms. The molecule has 1 heterocycles. The Hall–Kier alpha value is -1.23. The Morgan fingerprint density at radius 1 is 1.18 bits per heavy atom. The maximum Gasteiger partial charge on any atom is 0.0969 e. The second-order valence-corrected chi connectivity index (χ2v) is 7.02. The molecule has 0 aliphatic carbocycles. The highest BCUT2D eigenvalue weighted by atomic mass is 32.1. The Morgan fingerprint density at radius 2 is 1.91 bits per heavy atom. The smallest absolute Gasteiger partial charge is 0.0969 e. The molecule has 120 valence electrons. The summed E-state index contributed by atoms with van der Waals surface area (Å²) in [5.74, 6) is 0.447. The quantitative estimate of drug-likeness (QED) is 0.808. The third-order valence-electron chi connectivity index (χ3n) is 3.86. The molecule has 0 spiro atoms. The highest BCUT2D eigenvalue weighted by Gasteiger charge is 2.17. The zero-order chi connectivity index (χ0) is 15.9. The van der Waals surface area contributed by atoms with Gasteiger partial charge in [-0.3, -0.25) is 4.90 Å². The summed E-state index contributed by atoms with van der Waals surface area (Å²) in [4.78, 5) is 7.25. The van der Waals surface area contributed by atoms with Gasteiger partial charge in [-0.15, -0.1) is 11.3 Å². The van der Waals surface area contributed by atoms with Gasteiger partial charge in [0.15, 0.2) is 0 Å². The summed E-state index contributed by atoms with van der Waals surface area (Å²) >= 11 is 1.76. The van der Waals surface area contributed by atoms with Gasteiger partial charge in [0, 0.05) is 36.9 Å². The number of aromatic nitrogens is 1. The van der Waals surface area contributed by atoms with Crippen LogP contribution in [-0.2, 0) is 13.0 Å². The number of nitrogens with two attached hydrogens (primary N) is 1. The van der Waals surface area contributed by atoms with Gasteiger partial charge >= 0.3 is 0 Å². The van der Waals surface area contributed by atoms with Crippen molar-refractivity contribution in [3.05, 3.63) is 52.0 Å². The Balaban J connectivity index is 2.00. The van der Waals surface area contributed by atoms with Gasteiger partial charge in [0.1, 0.15) is 0 Å². The second kappa shape index (κ2) is 8.42. The molecular weight excluding hydrogens is 290 g/mol. The number of hydrogen-bond donors (Lipinski definition) is 1. The highest BCUT2D eigenvalue weighted by molar-refractivity contribution is 7.09. The predicted molar refractivity (Wildman–Crippen MR) is 95.3 cm³/mol. The van der Waals surface area contributed by atoms with Crippen LogP contribution in [0.4, 0.5) is 0 Å². The first-order valence-electron chi connectivity index (χ1n) is 8.02. The molecule has 2 N–H and O–H groups in total. The van der Waals surface area contributed by atoms with Crippen LogP contribution in [0.3, 0.4) is 0 Å². The van der Waals surface area contributed by atoms with Crippen LogP contribution in [-0.4, -0.2) is 29.0 Å². The van der Waals surface area contributed by atoms with Gasteiger partial charge in [0.25, 0.3) is 0 Å². The highest BCUT2D eigenvalue weighted by Crippen LogP contribution is 2.23. The van der Waals surface area contributed by atoms with E-state index in [1.165, 1.54) is 10.6 Å². The van der Waals surface area contributed by atoms with Gasteiger partial charge < -0.3 is 5.73 Å². The van der Waals surface area contributed by atoms with Gasteiger partial charge in [-0.2, -0.15) is 0 Å². The third-order valence-corrected chi connectivity index (χ3v) is 4.98. The lowest BCUT2D eigenvalue weighted by molar-refractivity contribution is 0.202. The molecule has 0 fully saturated rings. The molecule has 1 unspecified atom stereocenters. The largest absolute Gasteiger partial charge is 0.330 e. The van der Waals surface area contributed by atoms with E-state index in [1.807, 2.05) is 0 Å². The number of thiazole rings is 1. The Labute approximate surface area is 138 Å². The van der Waals surface area contributed by atoms with Crippen LogP contribution in [0.15, 0.2) is 35.7 Å². The molecule has 2 aromatic rings. The fourth-order valence-electron chi connectivity index (χ4n) is 2.52. The molecular formula is C18H27N3S. The molecule has 0 aliphatic rings. The minimum absolute atomic E-state index is 0.447. The molecule has 0 saturated carbocycles. The fraction of sp³-hybridized carbons (Fsp3) is 0.500. The van der Waals surface area contributed by atoms with Crippen molar-refractivity contribution in [3.8, 4) is 0 Å². The molecule has 0 bridgehead atoms. The standard InChI is InChI=1S/C18H27N3S/c1-14(2)21(12-16-7-5-4-6-8-16)11-15(3)18-20-17(9-10-19)13-22-18/h4-8,13-15H,9-12,19H2,1-3H3. The van der Waals surface area contributed by atoms with Crippen molar-refractivity contribution in [1.82, 2.24) is 9.88 Å². The van der Waals surface area contributed by atoms with Gasteiger partial charge in [-0.1, -0.05) is 37.3 Å². The van der Waals surface area contributed by atoms with Crippen molar-refractivity contribution in [1.29, 1.82) is 0 Å². The summed E-state index contributed by atoms with van der Waals surface area (Å²) < 4.78 is 0. The maximum absolute atomic E-state index is 5.61. The minimum atomic E-state index is 0.447. The van der Waals surface area contributed by atoms with Crippen LogP contribution in [0, 0.1) is 0 Å². The van der Waals surface area contributed by atoms with Gasteiger partial charge in [0.2, 0.25) is 0 Å². The van der Waals surface area contributed by atoms with Crippen LogP contribution in [0.25, 0.3) is 0 Å². The van der Waals surface area contributed by atoms with Crippen LogP contribution < -0.4 is 5.73 Å². The fourth-order valence-corrected chi connectivity index (χ4v) is 3.42. The molecule has 0 radical (unpaired) electrons. The van der Waals surface area contributed by atoms with Crippen molar-refractivity contribution in [2.24, 2.45) is 5.73 Å². The minimum Gasteiger partial charge on any atom is -0.330 e. The molecule has 0 aliphatic heterocycles. The topological polar surface area (TPSA) is 42.2 Å². The third kappa shape index (κ3) is 4.90. The van der Waals surface area contributed by atoms with E-state index in [0.717, 1.165) is 25.2 Å². The average molecular weight is 318 g/mol. The average Bonchev–Trinajstić information content (AvgIpc) is 2.96. The van der Waals surface area contributed by atoms with E-state index in [-0.39, 0.29) is 0 Å². The zero-order valence-corrected chi connectivity index (χ0v) is 14.6. The molecule has 1 atom stereocenters. The summed E-state index contributed by atoms with van der Waals surface area (Å²) in [7, 11) is 0. The van der Waals surface area contributed by atoms with Crippen molar-refractivity contribution in [2.75, 3.05) is 13.1 Å². The van der Waals surface area contributed by atoms with E-state index in [2.05, 4.69) is 61.4 Å². The molecule has 2 rings (SSSR count). The summed E-state index contributed by atoms with van der Waals surface area (Å²) in [6, 6.07) is 11.2. The van der Waals surface area contributed by atoms with E-state index in [0.29, 0.717) is 18.5 Å². The molecule has 1 aromatic heterocycles. The Morgan fingerprint density at radius 3 is 2.55 bits per heavy atom. The molecule has 0 saturated heterocycles. The van der Waals surface area contributed by atoms with Crippen molar-refractivity contribution in [2.45, 2.75) is 45.7 Å². The van der Waals surface area contributed by atoms with E-state index < -0.39 is 0 Å². The van der Waals surface area contributed by atoms with E-state index in [9.17, 15) is 0 Å². The van der Waals surface area contributed by atoms with Crippen LogP contribution >= 0.6 is 11.3 Å². The van der Waals surface area contributed by atoms with E-state index >= 15 is 0 Å². The lowest BCUT2D eigenvalue weighted by Crippen LogP contribution is -2.33. The monoisotopic (exact) mass is 317 g/mol. The number of nitrogens with zero attached hydrogens (tertiary/aromatic N) is 2. The number of rotatable bonds is 8. The number of hydrogen-bond acceptors (Lipinski definition) is 4. The molecule has 4 heteroatoms. The summed E-state index contributed by atoms with van der Waals surface area (Å²) in [6.07, 6.45) is 0.876. The van der Waals surface area contributed by atoms with E-state index in [1.54, 1.807) is 11.3 Å². The lowest BCUT2D eigenvalue weighted by Gasteiger charge is -2.28. The molecule has 0 amide bonds. The first-order chi connectivity index (χ1) is 10.6.